The van der Waals surface area contributed by atoms with E-state index >= 15 is 0 Å². The van der Waals surface area contributed by atoms with Crippen molar-refractivity contribution in [2.24, 2.45) is 0 Å². The lowest BCUT2D eigenvalue weighted by molar-refractivity contribution is 0.668. The molecule has 0 aliphatic heterocycles. The Bertz CT molecular complexity index is 2680. The van der Waals surface area contributed by atoms with Gasteiger partial charge in [0.05, 0.1) is 26.9 Å². The van der Waals surface area contributed by atoms with E-state index in [9.17, 15) is 0 Å². The minimum absolute atomic E-state index is 0.114. The van der Waals surface area contributed by atoms with E-state index in [1.807, 2.05) is 11.3 Å². The van der Waals surface area contributed by atoms with E-state index in [0.717, 1.165) is 27.7 Å². The first-order chi connectivity index (χ1) is 22.1. The molecular formula is C41H27N3S. The van der Waals surface area contributed by atoms with Crippen LogP contribution >= 0.6 is 11.3 Å². The van der Waals surface area contributed by atoms with Gasteiger partial charge < -0.3 is 0 Å². The molecule has 0 saturated carbocycles. The average molecular weight is 594 g/mol. The van der Waals surface area contributed by atoms with E-state index in [1.165, 1.54) is 58.7 Å². The second kappa shape index (κ2) is 8.87. The predicted molar refractivity (Wildman–Crippen MR) is 190 cm³/mol. The van der Waals surface area contributed by atoms with E-state index in [0.29, 0.717) is 5.95 Å². The SMILES string of the molecule is CC1(C)c2ccc3ccccc3c2-c2sc3c(ccc4c5ccccc5n(-c5nc(-c6ccccc6)c6ccccc6n5)c43)c21. The number of benzene rings is 6. The zero-order valence-electron chi connectivity index (χ0n) is 24.9. The standard InChI is InChI=1S/C41H27N3S/c1-41(2)31-23-20-24-12-6-7-15-26(24)34(31)39-35(41)30-22-21-28-27-16-9-11-19-33(27)44(37(28)38(30)45-39)40-42-32-18-10-8-17-29(32)36(43-40)25-13-4-3-5-14-25/h3-23H,1-2H3. The van der Waals surface area contributed by atoms with Crippen LogP contribution in [0, 0.1) is 0 Å². The average Bonchev–Trinajstić information content (AvgIpc) is 3.71. The summed E-state index contributed by atoms with van der Waals surface area (Å²) >= 11 is 1.93. The van der Waals surface area contributed by atoms with E-state index in [2.05, 4.69) is 146 Å². The van der Waals surface area contributed by atoms with Gasteiger partial charge in [-0.15, -0.1) is 11.3 Å². The largest absolute Gasteiger partial charge is 0.276 e. The number of thiophene rings is 1. The molecule has 45 heavy (non-hydrogen) atoms. The van der Waals surface area contributed by atoms with E-state index in [4.69, 9.17) is 9.97 Å². The highest BCUT2D eigenvalue weighted by molar-refractivity contribution is 7.23. The van der Waals surface area contributed by atoms with Crippen molar-refractivity contribution >= 4 is 64.9 Å². The Hall–Kier alpha value is -5.32. The zero-order valence-corrected chi connectivity index (χ0v) is 25.7. The Morgan fingerprint density at radius 3 is 2.18 bits per heavy atom. The van der Waals surface area contributed by atoms with Crippen LogP contribution in [0.25, 0.3) is 81.2 Å². The van der Waals surface area contributed by atoms with Crippen LogP contribution in [0.3, 0.4) is 0 Å². The van der Waals surface area contributed by atoms with E-state index in [-0.39, 0.29) is 5.41 Å². The van der Waals surface area contributed by atoms with Crippen LogP contribution < -0.4 is 0 Å². The number of para-hydroxylation sites is 2. The van der Waals surface area contributed by atoms with Crippen LogP contribution in [0.4, 0.5) is 0 Å². The van der Waals surface area contributed by atoms with Crippen molar-refractivity contribution in [3.63, 3.8) is 0 Å². The zero-order chi connectivity index (χ0) is 29.9. The van der Waals surface area contributed by atoms with Gasteiger partial charge in [0.2, 0.25) is 5.95 Å². The summed E-state index contributed by atoms with van der Waals surface area (Å²) in [5, 5.41) is 7.43. The summed E-state index contributed by atoms with van der Waals surface area (Å²) in [4.78, 5) is 12.0. The molecule has 3 heterocycles. The topological polar surface area (TPSA) is 30.7 Å². The van der Waals surface area contributed by atoms with Gasteiger partial charge in [-0.25, -0.2) is 9.97 Å². The Morgan fingerprint density at radius 2 is 1.31 bits per heavy atom. The minimum atomic E-state index is -0.114. The molecule has 0 amide bonds. The van der Waals surface area contributed by atoms with Crippen molar-refractivity contribution in [2.45, 2.75) is 19.3 Å². The number of fused-ring (bicyclic) bond motifs is 12. The first kappa shape index (κ1) is 25.1. The molecule has 0 radical (unpaired) electrons. The Balaban J connectivity index is 1.36. The van der Waals surface area contributed by atoms with Crippen molar-refractivity contribution in [1.29, 1.82) is 0 Å². The van der Waals surface area contributed by atoms with Gasteiger partial charge in [-0.2, -0.15) is 0 Å². The van der Waals surface area contributed by atoms with Crippen molar-refractivity contribution < 1.29 is 0 Å². The van der Waals surface area contributed by atoms with Gasteiger partial charge in [-0.3, -0.25) is 4.57 Å². The fourth-order valence-electron chi connectivity index (χ4n) is 7.76. The van der Waals surface area contributed by atoms with Crippen LogP contribution in [-0.2, 0) is 5.41 Å². The van der Waals surface area contributed by atoms with Crippen LogP contribution in [-0.4, -0.2) is 14.5 Å². The lowest BCUT2D eigenvalue weighted by Crippen LogP contribution is -2.14. The molecular weight excluding hydrogens is 567 g/mol. The van der Waals surface area contributed by atoms with Gasteiger partial charge in [0.25, 0.3) is 0 Å². The summed E-state index contributed by atoms with van der Waals surface area (Å²) in [6.45, 7) is 4.77. The van der Waals surface area contributed by atoms with Crippen LogP contribution in [0.15, 0.2) is 127 Å². The maximum Gasteiger partial charge on any atom is 0.235 e. The first-order valence-electron chi connectivity index (χ1n) is 15.4. The first-order valence-corrected chi connectivity index (χ1v) is 16.3. The maximum absolute atomic E-state index is 5.35. The number of aromatic nitrogens is 3. The molecule has 0 atom stereocenters. The maximum atomic E-state index is 5.35. The highest BCUT2D eigenvalue weighted by atomic mass is 32.1. The minimum Gasteiger partial charge on any atom is -0.276 e. The van der Waals surface area contributed by atoms with Crippen molar-refractivity contribution in [2.75, 3.05) is 0 Å². The van der Waals surface area contributed by atoms with E-state index < -0.39 is 0 Å². The molecule has 1 aliphatic carbocycles. The molecule has 0 fully saturated rings. The van der Waals surface area contributed by atoms with Crippen molar-refractivity contribution in [3.05, 3.63) is 139 Å². The van der Waals surface area contributed by atoms with Gasteiger partial charge in [-0.1, -0.05) is 129 Å². The van der Waals surface area contributed by atoms with Gasteiger partial charge in [0.1, 0.15) is 0 Å². The number of hydrogen-bond acceptors (Lipinski definition) is 3. The van der Waals surface area contributed by atoms with E-state index in [1.54, 1.807) is 0 Å². The third kappa shape index (κ3) is 3.29. The van der Waals surface area contributed by atoms with Gasteiger partial charge >= 0.3 is 0 Å². The van der Waals surface area contributed by atoms with Gasteiger partial charge in [-0.05, 0) is 39.4 Å². The fourth-order valence-corrected chi connectivity index (χ4v) is 9.33. The molecule has 10 rings (SSSR count). The molecule has 3 aromatic heterocycles. The number of rotatable bonds is 2. The molecule has 0 N–H and O–H groups in total. The molecule has 1 aliphatic rings. The molecule has 6 aromatic carbocycles. The number of nitrogens with zero attached hydrogens (tertiary/aromatic N) is 3. The normalized spacial score (nSPS) is 13.7. The van der Waals surface area contributed by atoms with Crippen LogP contribution in [0.1, 0.15) is 25.0 Å². The molecule has 212 valence electrons. The Morgan fingerprint density at radius 1 is 0.600 bits per heavy atom. The molecule has 9 aromatic rings. The highest BCUT2D eigenvalue weighted by Crippen LogP contribution is 2.58. The highest BCUT2D eigenvalue weighted by Gasteiger charge is 2.40. The Kier molecular flexibility index (Phi) is 4.94. The summed E-state index contributed by atoms with van der Waals surface area (Å²) < 4.78 is 3.60. The summed E-state index contributed by atoms with van der Waals surface area (Å²) in [5.74, 6) is 0.699. The van der Waals surface area contributed by atoms with Crippen molar-refractivity contribution in [1.82, 2.24) is 14.5 Å². The molecule has 0 spiro atoms. The monoisotopic (exact) mass is 593 g/mol. The third-order valence-electron chi connectivity index (χ3n) is 9.78. The van der Waals surface area contributed by atoms with Crippen molar-refractivity contribution in [3.8, 4) is 27.6 Å². The summed E-state index contributed by atoms with van der Waals surface area (Å²) in [7, 11) is 0. The summed E-state index contributed by atoms with van der Waals surface area (Å²) in [6, 6.07) is 45.6. The fraction of sp³-hybridized carbons (Fsp3) is 0.0732. The molecule has 4 heteroatoms. The van der Waals surface area contributed by atoms with Gasteiger partial charge in [0.15, 0.2) is 0 Å². The molecule has 0 bridgehead atoms. The second-order valence-electron chi connectivity index (χ2n) is 12.6. The quantitative estimate of drug-likeness (QED) is 0.200. The molecule has 0 saturated heterocycles. The summed E-state index contributed by atoms with van der Waals surface area (Å²) in [5.41, 5.74) is 9.39. The lowest BCUT2D eigenvalue weighted by Gasteiger charge is -2.22. The smallest absolute Gasteiger partial charge is 0.235 e. The number of hydrogen-bond donors (Lipinski definition) is 0. The van der Waals surface area contributed by atoms with Crippen LogP contribution in [0.5, 0.6) is 0 Å². The predicted octanol–water partition coefficient (Wildman–Crippen LogP) is 11.1. The Labute approximate surface area is 264 Å². The molecule has 3 nitrogen and oxygen atoms in total. The molecule has 0 unspecified atom stereocenters. The van der Waals surface area contributed by atoms with Crippen LogP contribution in [0.2, 0.25) is 0 Å². The van der Waals surface area contributed by atoms with Gasteiger partial charge in [0, 0.05) is 37.6 Å². The lowest BCUT2D eigenvalue weighted by atomic mass is 9.81. The third-order valence-corrected chi connectivity index (χ3v) is 11.0. The second-order valence-corrected chi connectivity index (χ2v) is 13.6. The summed E-state index contributed by atoms with van der Waals surface area (Å²) in [6.07, 6.45) is 0.